The summed E-state index contributed by atoms with van der Waals surface area (Å²) in [4.78, 5) is 23.3. The van der Waals surface area contributed by atoms with E-state index in [4.69, 9.17) is 9.47 Å². The lowest BCUT2D eigenvalue weighted by atomic mass is 10.0. The van der Waals surface area contributed by atoms with Crippen molar-refractivity contribution in [3.8, 4) is 0 Å². The average Bonchev–Trinajstić information content (AvgIpc) is 3.17. The second kappa shape index (κ2) is 7.62. The van der Waals surface area contributed by atoms with E-state index in [1.165, 1.54) is 6.20 Å². The molecule has 1 spiro atoms. The number of hydrogen-bond donors (Lipinski definition) is 1. The van der Waals surface area contributed by atoms with Crippen molar-refractivity contribution < 1.29 is 14.3 Å². The Hall–Kier alpha value is -2.51. The first kappa shape index (κ1) is 17.9. The number of amides is 1. The quantitative estimate of drug-likeness (QED) is 0.892. The maximum Gasteiger partial charge on any atom is 0.271 e. The highest BCUT2D eigenvalue weighted by Gasteiger charge is 2.40. The predicted molar refractivity (Wildman–Crippen MR) is 100 cm³/mol. The van der Waals surface area contributed by atoms with E-state index in [9.17, 15) is 4.79 Å². The number of nitrogens with one attached hydrogen (secondary N) is 1. The summed E-state index contributed by atoms with van der Waals surface area (Å²) >= 11 is 0. The van der Waals surface area contributed by atoms with Crippen LogP contribution >= 0.6 is 0 Å². The van der Waals surface area contributed by atoms with Gasteiger partial charge in [0, 0.05) is 25.9 Å². The molecule has 1 aromatic heterocycles. The van der Waals surface area contributed by atoms with Crippen LogP contribution < -0.4 is 10.2 Å². The van der Waals surface area contributed by atoms with Gasteiger partial charge in [-0.2, -0.15) is 0 Å². The van der Waals surface area contributed by atoms with Crippen LogP contribution in [-0.2, 0) is 9.47 Å². The predicted octanol–water partition coefficient (Wildman–Crippen LogP) is 2.31. The van der Waals surface area contributed by atoms with Crippen LogP contribution in [-0.4, -0.2) is 48.0 Å². The third kappa shape index (κ3) is 3.94. The Labute approximate surface area is 158 Å². The highest BCUT2D eigenvalue weighted by Crippen LogP contribution is 2.32. The summed E-state index contributed by atoms with van der Waals surface area (Å²) in [5.74, 6) is 0.142. The van der Waals surface area contributed by atoms with Crippen molar-refractivity contribution >= 4 is 11.7 Å². The first-order valence-electron chi connectivity index (χ1n) is 9.36. The fraction of sp³-hybridized carbons (Fsp3) is 0.450. The Morgan fingerprint density at radius 3 is 2.44 bits per heavy atom. The number of carbonyl (C=O) groups is 1. The van der Waals surface area contributed by atoms with Crippen LogP contribution in [0, 0.1) is 0 Å². The molecule has 0 bridgehead atoms. The first-order valence-corrected chi connectivity index (χ1v) is 9.36. The number of ether oxygens (including phenoxy) is 2. The third-order valence-electron chi connectivity index (χ3n) is 5.18. The smallest absolute Gasteiger partial charge is 0.271 e. The van der Waals surface area contributed by atoms with Crippen molar-refractivity contribution in [1.82, 2.24) is 15.3 Å². The van der Waals surface area contributed by atoms with Crippen molar-refractivity contribution in [3.63, 3.8) is 0 Å². The van der Waals surface area contributed by atoms with Crippen molar-refractivity contribution in [2.75, 3.05) is 31.2 Å². The van der Waals surface area contributed by atoms with Crippen LogP contribution in [0.2, 0.25) is 0 Å². The Morgan fingerprint density at radius 1 is 1.11 bits per heavy atom. The largest absolute Gasteiger partial charge is 0.355 e. The van der Waals surface area contributed by atoms with Gasteiger partial charge in [-0.25, -0.2) is 9.97 Å². The molecular formula is C20H24N4O3. The molecule has 2 aliphatic rings. The number of benzene rings is 1. The second-order valence-electron chi connectivity index (χ2n) is 6.96. The lowest BCUT2D eigenvalue weighted by Crippen LogP contribution is -2.45. The minimum Gasteiger partial charge on any atom is -0.355 e. The topological polar surface area (TPSA) is 76.6 Å². The molecule has 142 valence electrons. The van der Waals surface area contributed by atoms with E-state index in [1.54, 1.807) is 6.20 Å². The fourth-order valence-corrected chi connectivity index (χ4v) is 3.56. The molecular weight excluding hydrogens is 344 g/mol. The molecule has 2 saturated heterocycles. The van der Waals surface area contributed by atoms with Gasteiger partial charge in [-0.15, -0.1) is 0 Å². The summed E-state index contributed by atoms with van der Waals surface area (Å²) in [6.45, 7) is 4.89. The van der Waals surface area contributed by atoms with Gasteiger partial charge in [0.1, 0.15) is 11.5 Å². The molecule has 0 saturated carbocycles. The normalized spacial score (nSPS) is 19.8. The fourth-order valence-electron chi connectivity index (χ4n) is 3.56. The number of carbonyl (C=O) groups excluding carboxylic acids is 1. The molecule has 1 amide bonds. The molecule has 1 unspecified atom stereocenters. The Morgan fingerprint density at radius 2 is 1.81 bits per heavy atom. The monoisotopic (exact) mass is 368 g/mol. The zero-order valence-electron chi connectivity index (χ0n) is 15.4. The minimum atomic E-state index is -0.405. The van der Waals surface area contributed by atoms with Crippen LogP contribution in [0.3, 0.4) is 0 Å². The molecule has 1 aromatic carbocycles. The van der Waals surface area contributed by atoms with E-state index < -0.39 is 5.79 Å². The number of hydrogen-bond acceptors (Lipinski definition) is 6. The Balaban J connectivity index is 1.35. The summed E-state index contributed by atoms with van der Waals surface area (Å²) in [7, 11) is 0. The lowest BCUT2D eigenvalue weighted by Gasteiger charge is -2.37. The van der Waals surface area contributed by atoms with E-state index in [0.29, 0.717) is 18.9 Å². The molecule has 2 aromatic rings. The van der Waals surface area contributed by atoms with Crippen LogP contribution in [0.25, 0.3) is 0 Å². The molecule has 1 N–H and O–H groups in total. The average molecular weight is 368 g/mol. The highest BCUT2D eigenvalue weighted by atomic mass is 16.7. The van der Waals surface area contributed by atoms with Gasteiger partial charge >= 0.3 is 0 Å². The van der Waals surface area contributed by atoms with Crippen LogP contribution in [0.5, 0.6) is 0 Å². The van der Waals surface area contributed by atoms with Gasteiger partial charge in [0.2, 0.25) is 0 Å². The van der Waals surface area contributed by atoms with Gasteiger partial charge in [-0.05, 0) is 12.5 Å². The number of aromatic nitrogens is 2. The van der Waals surface area contributed by atoms with Crippen molar-refractivity contribution in [1.29, 1.82) is 0 Å². The third-order valence-corrected chi connectivity index (χ3v) is 5.18. The first-order chi connectivity index (χ1) is 13.2. The SMILES string of the molecule is CC(NC(=O)c1cnc(N2CCC3(CC2)OCCO3)cn1)c1ccccc1. The van der Waals surface area contributed by atoms with Gasteiger partial charge in [-0.3, -0.25) is 4.79 Å². The highest BCUT2D eigenvalue weighted by molar-refractivity contribution is 5.92. The van der Waals surface area contributed by atoms with Crippen molar-refractivity contribution in [2.24, 2.45) is 0 Å². The molecule has 2 aliphatic heterocycles. The molecule has 0 aliphatic carbocycles. The van der Waals surface area contributed by atoms with Crippen LogP contribution in [0.15, 0.2) is 42.7 Å². The summed E-state index contributed by atoms with van der Waals surface area (Å²) in [5.41, 5.74) is 1.37. The molecule has 7 heteroatoms. The molecule has 1 atom stereocenters. The van der Waals surface area contributed by atoms with E-state index in [2.05, 4.69) is 20.2 Å². The standard InChI is InChI=1S/C20H24N4O3/c1-15(16-5-3-2-4-6-16)23-19(25)17-13-22-18(14-21-17)24-9-7-20(8-10-24)26-11-12-27-20/h2-6,13-15H,7-12H2,1H3,(H,23,25). The maximum absolute atomic E-state index is 12.4. The number of nitrogens with zero attached hydrogens (tertiary/aromatic N) is 3. The number of anilines is 1. The van der Waals surface area contributed by atoms with Crippen LogP contribution in [0.4, 0.5) is 5.82 Å². The summed E-state index contributed by atoms with van der Waals surface area (Å²) in [6, 6.07) is 9.75. The molecule has 0 radical (unpaired) electrons. The number of rotatable bonds is 4. The van der Waals surface area contributed by atoms with Crippen LogP contribution in [0.1, 0.15) is 41.9 Å². The summed E-state index contributed by atoms with van der Waals surface area (Å²) in [5, 5.41) is 2.96. The number of piperidine rings is 1. The van der Waals surface area contributed by atoms with Crippen molar-refractivity contribution in [2.45, 2.75) is 31.6 Å². The van der Waals surface area contributed by atoms with Gasteiger partial charge < -0.3 is 19.7 Å². The zero-order valence-corrected chi connectivity index (χ0v) is 15.4. The molecule has 27 heavy (non-hydrogen) atoms. The van der Waals surface area contributed by atoms with E-state index >= 15 is 0 Å². The molecule has 7 nitrogen and oxygen atoms in total. The van der Waals surface area contributed by atoms with Gasteiger partial charge in [0.15, 0.2) is 5.79 Å². The van der Waals surface area contributed by atoms with Gasteiger partial charge in [0.25, 0.3) is 5.91 Å². The van der Waals surface area contributed by atoms with E-state index in [0.717, 1.165) is 37.3 Å². The van der Waals surface area contributed by atoms with E-state index in [1.807, 2.05) is 37.3 Å². The summed E-state index contributed by atoms with van der Waals surface area (Å²) < 4.78 is 11.5. The lowest BCUT2D eigenvalue weighted by molar-refractivity contribution is -0.169. The maximum atomic E-state index is 12.4. The second-order valence-corrected chi connectivity index (χ2v) is 6.96. The molecule has 2 fully saturated rings. The Kier molecular flexibility index (Phi) is 5.05. The summed E-state index contributed by atoms with van der Waals surface area (Å²) in [6.07, 6.45) is 4.82. The zero-order chi connectivity index (χ0) is 18.7. The van der Waals surface area contributed by atoms with Gasteiger partial charge in [0.05, 0.1) is 31.6 Å². The molecule has 3 heterocycles. The van der Waals surface area contributed by atoms with E-state index in [-0.39, 0.29) is 11.9 Å². The Bertz CT molecular complexity index is 766. The molecule has 4 rings (SSSR count). The van der Waals surface area contributed by atoms with Crippen molar-refractivity contribution in [3.05, 3.63) is 54.0 Å². The minimum absolute atomic E-state index is 0.0927. The van der Waals surface area contributed by atoms with Gasteiger partial charge in [-0.1, -0.05) is 30.3 Å².